The molecule has 1 rings (SSSR count). The monoisotopic (exact) mass is 127 g/mol. The molecule has 1 unspecified atom stereocenters. The van der Waals surface area contributed by atoms with Crippen LogP contribution in [0, 0.1) is 0 Å². The lowest BCUT2D eigenvalue weighted by atomic mass is 9.70. The summed E-state index contributed by atoms with van der Waals surface area (Å²) in [6.07, 6.45) is 4.48. The molecule has 0 saturated heterocycles. The molecule has 4 heteroatoms. The van der Waals surface area contributed by atoms with Crippen molar-refractivity contribution in [2.75, 3.05) is 6.54 Å². The smallest absolute Gasteiger partial charge is 0.427 e. The first-order valence-corrected chi connectivity index (χ1v) is 3.05. The minimum atomic E-state index is -1.18. The summed E-state index contributed by atoms with van der Waals surface area (Å²) in [5.41, 5.74) is 0. The molecule has 9 heavy (non-hydrogen) atoms. The van der Waals surface area contributed by atoms with Gasteiger partial charge in [-0.3, -0.25) is 0 Å². The lowest BCUT2D eigenvalue weighted by Gasteiger charge is -2.16. The molecule has 1 heterocycles. The summed E-state index contributed by atoms with van der Waals surface area (Å²) in [5.74, 6) is -0.0324. The van der Waals surface area contributed by atoms with E-state index in [2.05, 4.69) is 5.32 Å². The fourth-order valence-corrected chi connectivity index (χ4v) is 0.856. The molecule has 3 N–H and O–H groups in total. The summed E-state index contributed by atoms with van der Waals surface area (Å²) < 4.78 is 0. The van der Waals surface area contributed by atoms with Gasteiger partial charge in [0, 0.05) is 12.4 Å². The van der Waals surface area contributed by atoms with Gasteiger partial charge in [0.15, 0.2) is 0 Å². The number of rotatable bonds is 1. The van der Waals surface area contributed by atoms with E-state index in [0.29, 0.717) is 6.54 Å². The van der Waals surface area contributed by atoms with Crippen molar-refractivity contribution in [1.29, 1.82) is 0 Å². The molecule has 0 aromatic heterocycles. The Bertz CT molecular complexity index is 116. The molecule has 0 fully saturated rings. The van der Waals surface area contributed by atoms with Crippen molar-refractivity contribution in [3.63, 3.8) is 0 Å². The van der Waals surface area contributed by atoms with Gasteiger partial charge in [-0.2, -0.15) is 0 Å². The van der Waals surface area contributed by atoms with Crippen LogP contribution < -0.4 is 5.32 Å². The average Bonchev–Trinajstić information content (AvgIpc) is 1.90. The van der Waals surface area contributed by atoms with Gasteiger partial charge >= 0.3 is 7.12 Å². The fourth-order valence-electron chi connectivity index (χ4n) is 0.856. The summed E-state index contributed by atoms with van der Waals surface area (Å²) in [4.78, 5) is 0. The molecule has 0 amide bonds. The Labute approximate surface area is 54.5 Å². The topological polar surface area (TPSA) is 52.5 Å². The molecule has 0 spiro atoms. The molecule has 50 valence electrons. The second kappa shape index (κ2) is 2.89. The van der Waals surface area contributed by atoms with Gasteiger partial charge in [-0.15, -0.1) is 0 Å². The van der Waals surface area contributed by atoms with Crippen LogP contribution in [0.5, 0.6) is 0 Å². The Hall–Kier alpha value is -0.475. The SMILES string of the molecule is OB(O)C1CC=CNC1. The van der Waals surface area contributed by atoms with E-state index in [9.17, 15) is 0 Å². The van der Waals surface area contributed by atoms with Gasteiger partial charge in [-0.05, 0) is 12.6 Å². The molecule has 0 saturated carbocycles. The molecule has 1 aliphatic heterocycles. The molecule has 1 aliphatic rings. The van der Waals surface area contributed by atoms with E-state index in [1.165, 1.54) is 0 Å². The lowest BCUT2D eigenvalue weighted by molar-refractivity contribution is 0.379. The predicted molar refractivity (Wildman–Crippen MR) is 35.7 cm³/mol. The Balaban J connectivity index is 2.35. The number of nitrogens with one attached hydrogen (secondary N) is 1. The van der Waals surface area contributed by atoms with Crippen LogP contribution in [0.1, 0.15) is 6.42 Å². The van der Waals surface area contributed by atoms with Crippen LogP contribution in [0.2, 0.25) is 5.82 Å². The third-order valence-electron chi connectivity index (χ3n) is 1.48. The standard InChI is InChI=1S/C5H10BNO2/c8-6(9)5-2-1-3-7-4-5/h1,3,5,7-9H,2,4H2. The molecule has 3 nitrogen and oxygen atoms in total. The zero-order valence-electron chi connectivity index (χ0n) is 5.12. The quantitative estimate of drug-likeness (QED) is 0.409. The molecule has 1 atom stereocenters. The van der Waals surface area contributed by atoms with Crippen LogP contribution in [-0.4, -0.2) is 23.7 Å². The first-order chi connectivity index (χ1) is 4.30. The van der Waals surface area contributed by atoms with Gasteiger partial charge < -0.3 is 15.4 Å². The second-order valence-corrected chi connectivity index (χ2v) is 2.22. The highest BCUT2D eigenvalue weighted by Crippen LogP contribution is 2.14. The van der Waals surface area contributed by atoms with Crippen LogP contribution in [0.3, 0.4) is 0 Å². The Morgan fingerprint density at radius 2 is 2.33 bits per heavy atom. The minimum Gasteiger partial charge on any atom is -0.427 e. The van der Waals surface area contributed by atoms with Crippen LogP contribution in [0.4, 0.5) is 0 Å². The summed E-state index contributed by atoms with van der Waals surface area (Å²) in [5, 5.41) is 20.2. The van der Waals surface area contributed by atoms with E-state index in [4.69, 9.17) is 10.0 Å². The van der Waals surface area contributed by atoms with Crippen molar-refractivity contribution < 1.29 is 10.0 Å². The fraction of sp³-hybridized carbons (Fsp3) is 0.600. The average molecular weight is 127 g/mol. The number of hydrogen-bond donors (Lipinski definition) is 3. The largest absolute Gasteiger partial charge is 0.456 e. The molecular formula is C5H10BNO2. The number of hydrogen-bond acceptors (Lipinski definition) is 3. The van der Waals surface area contributed by atoms with Gasteiger partial charge in [0.25, 0.3) is 0 Å². The van der Waals surface area contributed by atoms with Crippen LogP contribution >= 0.6 is 0 Å². The molecule has 0 aliphatic carbocycles. The first kappa shape index (κ1) is 6.64. The summed E-state index contributed by atoms with van der Waals surface area (Å²) >= 11 is 0. The zero-order chi connectivity index (χ0) is 6.69. The van der Waals surface area contributed by atoms with E-state index in [1.807, 2.05) is 12.3 Å². The molecule has 0 bridgehead atoms. The number of allylic oxidation sites excluding steroid dienone is 1. The Kier molecular flexibility index (Phi) is 2.13. The van der Waals surface area contributed by atoms with E-state index >= 15 is 0 Å². The highest BCUT2D eigenvalue weighted by atomic mass is 16.4. The highest BCUT2D eigenvalue weighted by Gasteiger charge is 2.22. The van der Waals surface area contributed by atoms with Crippen LogP contribution in [0.25, 0.3) is 0 Å². The summed E-state index contributed by atoms with van der Waals surface area (Å²) in [6.45, 7) is 0.661. The Morgan fingerprint density at radius 3 is 2.67 bits per heavy atom. The zero-order valence-corrected chi connectivity index (χ0v) is 5.12. The van der Waals surface area contributed by atoms with Crippen molar-refractivity contribution in [3.8, 4) is 0 Å². The highest BCUT2D eigenvalue weighted by molar-refractivity contribution is 6.43. The molecule has 0 radical (unpaired) electrons. The second-order valence-electron chi connectivity index (χ2n) is 2.22. The van der Waals surface area contributed by atoms with Gasteiger partial charge in [0.2, 0.25) is 0 Å². The van der Waals surface area contributed by atoms with Crippen molar-refractivity contribution in [3.05, 3.63) is 12.3 Å². The van der Waals surface area contributed by atoms with E-state index in [-0.39, 0.29) is 5.82 Å². The summed E-state index contributed by atoms with van der Waals surface area (Å²) in [7, 11) is -1.18. The van der Waals surface area contributed by atoms with Crippen molar-refractivity contribution in [2.45, 2.75) is 12.2 Å². The maximum Gasteiger partial charge on any atom is 0.456 e. The van der Waals surface area contributed by atoms with Crippen LogP contribution in [0.15, 0.2) is 12.3 Å². The van der Waals surface area contributed by atoms with Crippen molar-refractivity contribution >= 4 is 7.12 Å². The van der Waals surface area contributed by atoms with Gasteiger partial charge in [0.1, 0.15) is 0 Å². The Morgan fingerprint density at radius 1 is 1.56 bits per heavy atom. The minimum absolute atomic E-state index is 0.0324. The van der Waals surface area contributed by atoms with Crippen LogP contribution in [-0.2, 0) is 0 Å². The van der Waals surface area contributed by atoms with E-state index in [1.54, 1.807) is 0 Å². The third kappa shape index (κ3) is 1.73. The molecular weight excluding hydrogens is 117 g/mol. The lowest BCUT2D eigenvalue weighted by Crippen LogP contribution is -2.30. The van der Waals surface area contributed by atoms with Gasteiger partial charge in [-0.1, -0.05) is 6.08 Å². The first-order valence-electron chi connectivity index (χ1n) is 3.05. The molecule has 0 aromatic rings. The normalized spacial score (nSPS) is 25.3. The molecule has 0 aromatic carbocycles. The van der Waals surface area contributed by atoms with Gasteiger partial charge in [-0.25, -0.2) is 0 Å². The van der Waals surface area contributed by atoms with E-state index < -0.39 is 7.12 Å². The van der Waals surface area contributed by atoms with Crippen molar-refractivity contribution in [1.82, 2.24) is 5.32 Å². The van der Waals surface area contributed by atoms with Crippen molar-refractivity contribution in [2.24, 2.45) is 0 Å². The maximum absolute atomic E-state index is 8.66. The van der Waals surface area contributed by atoms with E-state index in [0.717, 1.165) is 6.42 Å². The third-order valence-corrected chi connectivity index (χ3v) is 1.48. The maximum atomic E-state index is 8.66. The summed E-state index contributed by atoms with van der Waals surface area (Å²) in [6, 6.07) is 0. The predicted octanol–water partition coefficient (Wildman–Crippen LogP) is -0.664. The van der Waals surface area contributed by atoms with Gasteiger partial charge in [0.05, 0.1) is 0 Å².